The van der Waals surface area contributed by atoms with E-state index in [1.54, 1.807) is 17.5 Å². The first-order valence-corrected chi connectivity index (χ1v) is 5.01. The Balaban J connectivity index is 2.66. The number of aromatic nitrogens is 2. The van der Waals surface area contributed by atoms with Gasteiger partial charge in [0.05, 0.1) is 11.4 Å². The van der Waals surface area contributed by atoms with Crippen molar-refractivity contribution in [1.82, 2.24) is 9.38 Å². The number of imidazole rings is 1. The summed E-state index contributed by atoms with van der Waals surface area (Å²) in [6.45, 7) is 1.87. The highest BCUT2D eigenvalue weighted by Gasteiger charge is 2.24. The quantitative estimate of drug-likeness (QED) is 0.799. The second-order valence-electron chi connectivity index (χ2n) is 3.64. The molecule has 0 spiro atoms. The van der Waals surface area contributed by atoms with E-state index in [-0.39, 0.29) is 6.54 Å². The minimum atomic E-state index is -0.920. The largest absolute Gasteiger partial charge is 0.481 e. The molecule has 1 atom stereocenters. The van der Waals surface area contributed by atoms with E-state index in [1.165, 1.54) is 0 Å². The standard InChI is InChI=1S/C11H13N3O2/c1-7-10(8(6-12)11(15)16)14-5-3-2-4-9(14)13-7/h2-5,8H,6,12H2,1H3,(H,15,16). The minimum Gasteiger partial charge on any atom is -0.481 e. The number of carboxylic acids is 1. The van der Waals surface area contributed by atoms with Crippen molar-refractivity contribution in [3.8, 4) is 0 Å². The van der Waals surface area contributed by atoms with E-state index in [1.807, 2.05) is 18.2 Å². The average molecular weight is 219 g/mol. The number of aryl methyl sites for hydroxylation is 1. The van der Waals surface area contributed by atoms with Gasteiger partial charge in [0.1, 0.15) is 11.6 Å². The first-order valence-electron chi connectivity index (χ1n) is 5.01. The lowest BCUT2D eigenvalue weighted by Gasteiger charge is -2.10. The van der Waals surface area contributed by atoms with Crippen LogP contribution >= 0.6 is 0 Å². The van der Waals surface area contributed by atoms with Crippen LogP contribution in [0.2, 0.25) is 0 Å². The summed E-state index contributed by atoms with van der Waals surface area (Å²) in [6.07, 6.45) is 1.80. The fraction of sp³-hybridized carbons (Fsp3) is 0.273. The molecule has 5 heteroatoms. The molecule has 0 aliphatic carbocycles. The van der Waals surface area contributed by atoms with E-state index in [0.717, 1.165) is 5.65 Å². The Kier molecular flexibility index (Phi) is 2.62. The lowest BCUT2D eigenvalue weighted by Crippen LogP contribution is -2.23. The van der Waals surface area contributed by atoms with Crippen molar-refractivity contribution in [3.63, 3.8) is 0 Å². The average Bonchev–Trinajstić information content (AvgIpc) is 2.57. The fourth-order valence-electron chi connectivity index (χ4n) is 1.88. The summed E-state index contributed by atoms with van der Waals surface area (Å²) < 4.78 is 1.78. The molecule has 0 saturated heterocycles. The molecule has 0 bridgehead atoms. The highest BCUT2D eigenvalue weighted by Crippen LogP contribution is 2.20. The normalized spacial score (nSPS) is 12.9. The molecule has 0 fully saturated rings. The second-order valence-corrected chi connectivity index (χ2v) is 3.64. The van der Waals surface area contributed by atoms with E-state index in [4.69, 9.17) is 10.8 Å². The van der Waals surface area contributed by atoms with Crippen LogP contribution in [0, 0.1) is 6.92 Å². The molecule has 84 valence electrons. The highest BCUT2D eigenvalue weighted by atomic mass is 16.4. The molecule has 2 aromatic rings. The van der Waals surface area contributed by atoms with Gasteiger partial charge in [-0.3, -0.25) is 4.79 Å². The lowest BCUT2D eigenvalue weighted by molar-refractivity contribution is -0.138. The first kappa shape index (κ1) is 10.6. The molecular weight excluding hydrogens is 206 g/mol. The first-order chi connectivity index (χ1) is 7.65. The maximum Gasteiger partial charge on any atom is 0.313 e. The molecule has 0 radical (unpaired) electrons. The molecule has 2 heterocycles. The van der Waals surface area contributed by atoms with E-state index >= 15 is 0 Å². The summed E-state index contributed by atoms with van der Waals surface area (Å²) in [5, 5.41) is 9.11. The van der Waals surface area contributed by atoms with Gasteiger partial charge in [0.25, 0.3) is 0 Å². The molecule has 0 aliphatic heterocycles. The van der Waals surface area contributed by atoms with Crippen LogP contribution in [0.5, 0.6) is 0 Å². The van der Waals surface area contributed by atoms with Gasteiger partial charge in [-0.2, -0.15) is 0 Å². The smallest absolute Gasteiger partial charge is 0.313 e. The summed E-state index contributed by atoms with van der Waals surface area (Å²) in [6, 6.07) is 5.54. The molecule has 2 rings (SSSR count). The monoisotopic (exact) mass is 219 g/mol. The van der Waals surface area contributed by atoms with Gasteiger partial charge >= 0.3 is 5.97 Å². The number of nitrogens with two attached hydrogens (primary N) is 1. The number of carboxylic acid groups (broad SMARTS) is 1. The Hall–Kier alpha value is -1.88. The van der Waals surface area contributed by atoms with Crippen LogP contribution < -0.4 is 5.73 Å². The van der Waals surface area contributed by atoms with Crippen molar-refractivity contribution in [2.24, 2.45) is 5.73 Å². The predicted molar refractivity (Wildman–Crippen MR) is 59.4 cm³/mol. The number of aliphatic carboxylic acids is 1. The number of rotatable bonds is 3. The predicted octanol–water partition coefficient (Wildman–Crippen LogP) is 0.770. The lowest BCUT2D eigenvalue weighted by atomic mass is 10.0. The molecule has 5 nitrogen and oxygen atoms in total. The topological polar surface area (TPSA) is 80.6 Å². The van der Waals surface area contributed by atoms with Crippen LogP contribution in [0.3, 0.4) is 0 Å². The number of fused-ring (bicyclic) bond motifs is 1. The Labute approximate surface area is 92.5 Å². The fourth-order valence-corrected chi connectivity index (χ4v) is 1.88. The van der Waals surface area contributed by atoms with Crippen molar-refractivity contribution < 1.29 is 9.90 Å². The van der Waals surface area contributed by atoms with E-state index in [9.17, 15) is 4.79 Å². The summed E-state index contributed by atoms with van der Waals surface area (Å²) in [4.78, 5) is 15.4. The van der Waals surface area contributed by atoms with Crippen molar-refractivity contribution in [1.29, 1.82) is 0 Å². The van der Waals surface area contributed by atoms with Gasteiger partial charge in [0.15, 0.2) is 0 Å². The molecule has 0 aromatic carbocycles. The number of nitrogens with zero attached hydrogens (tertiary/aromatic N) is 2. The van der Waals surface area contributed by atoms with Crippen LogP contribution in [0.15, 0.2) is 24.4 Å². The van der Waals surface area contributed by atoms with Crippen LogP contribution in [0.4, 0.5) is 0 Å². The van der Waals surface area contributed by atoms with Crippen molar-refractivity contribution in [2.75, 3.05) is 6.54 Å². The highest BCUT2D eigenvalue weighted by molar-refractivity contribution is 5.76. The number of hydrogen-bond donors (Lipinski definition) is 2. The van der Waals surface area contributed by atoms with Crippen LogP contribution in [-0.4, -0.2) is 27.0 Å². The maximum atomic E-state index is 11.1. The number of pyridine rings is 1. The van der Waals surface area contributed by atoms with Crippen molar-refractivity contribution in [2.45, 2.75) is 12.8 Å². The molecule has 2 aromatic heterocycles. The third kappa shape index (κ3) is 1.55. The van der Waals surface area contributed by atoms with Gasteiger partial charge in [0, 0.05) is 12.7 Å². The second kappa shape index (κ2) is 3.94. The zero-order valence-corrected chi connectivity index (χ0v) is 8.92. The molecule has 3 N–H and O–H groups in total. The Bertz CT molecular complexity index is 533. The molecule has 0 aliphatic rings. The van der Waals surface area contributed by atoms with Gasteiger partial charge in [-0.1, -0.05) is 6.07 Å². The zero-order valence-electron chi connectivity index (χ0n) is 8.92. The molecule has 0 saturated carbocycles. The van der Waals surface area contributed by atoms with Crippen molar-refractivity contribution in [3.05, 3.63) is 35.8 Å². The van der Waals surface area contributed by atoms with Crippen molar-refractivity contribution >= 4 is 11.6 Å². The van der Waals surface area contributed by atoms with Gasteiger partial charge in [-0.15, -0.1) is 0 Å². The van der Waals surface area contributed by atoms with Gasteiger partial charge in [-0.25, -0.2) is 4.98 Å². The van der Waals surface area contributed by atoms with E-state index in [0.29, 0.717) is 11.4 Å². The van der Waals surface area contributed by atoms with E-state index < -0.39 is 11.9 Å². The Morgan fingerprint density at radius 3 is 3.00 bits per heavy atom. The molecule has 1 unspecified atom stereocenters. The van der Waals surface area contributed by atoms with Crippen LogP contribution in [-0.2, 0) is 4.79 Å². The summed E-state index contributed by atoms with van der Waals surface area (Å²) in [5.41, 5.74) is 7.62. The van der Waals surface area contributed by atoms with Crippen LogP contribution in [0.1, 0.15) is 17.3 Å². The SMILES string of the molecule is Cc1nc2ccccn2c1C(CN)C(=O)O. The molecular formula is C11H13N3O2. The minimum absolute atomic E-state index is 0.0683. The Morgan fingerprint density at radius 1 is 1.62 bits per heavy atom. The summed E-state index contributed by atoms with van der Waals surface area (Å²) in [7, 11) is 0. The van der Waals surface area contributed by atoms with Gasteiger partial charge in [-0.05, 0) is 19.1 Å². The molecule has 0 amide bonds. The summed E-state index contributed by atoms with van der Waals surface area (Å²) >= 11 is 0. The number of hydrogen-bond acceptors (Lipinski definition) is 3. The zero-order chi connectivity index (χ0) is 11.7. The molecule has 16 heavy (non-hydrogen) atoms. The van der Waals surface area contributed by atoms with Gasteiger partial charge < -0.3 is 15.2 Å². The van der Waals surface area contributed by atoms with Crippen LogP contribution in [0.25, 0.3) is 5.65 Å². The maximum absolute atomic E-state index is 11.1. The Morgan fingerprint density at radius 2 is 2.38 bits per heavy atom. The summed E-state index contributed by atoms with van der Waals surface area (Å²) in [5.74, 6) is -1.63. The number of carbonyl (C=O) groups is 1. The van der Waals surface area contributed by atoms with Gasteiger partial charge in [0.2, 0.25) is 0 Å². The third-order valence-electron chi connectivity index (χ3n) is 2.61. The third-order valence-corrected chi connectivity index (χ3v) is 2.61. The van der Waals surface area contributed by atoms with E-state index in [2.05, 4.69) is 4.98 Å².